The predicted octanol–water partition coefficient (Wildman–Crippen LogP) is 1.97. The summed E-state index contributed by atoms with van der Waals surface area (Å²) in [5.41, 5.74) is -0.643. The molecule has 110 valence electrons. The number of rotatable bonds is 6. The Morgan fingerprint density at radius 3 is 2.05 bits per heavy atom. The quantitative estimate of drug-likeness (QED) is 0.771. The Bertz CT molecular complexity index is 343. The molecule has 1 atom stereocenters. The van der Waals surface area contributed by atoms with E-state index in [1.165, 1.54) is 0 Å². The van der Waals surface area contributed by atoms with Crippen LogP contribution in [-0.4, -0.2) is 34.6 Å². The monoisotopic (exact) mass is 273 g/mol. The molecular formula is C13H23NO5. The third-order valence-electron chi connectivity index (χ3n) is 2.27. The zero-order chi connectivity index (χ0) is 15.2. The zero-order valence-electron chi connectivity index (χ0n) is 12.1. The highest BCUT2D eigenvalue weighted by Crippen LogP contribution is 2.10. The highest BCUT2D eigenvalue weighted by molar-refractivity contribution is 5.89. The van der Waals surface area contributed by atoms with Gasteiger partial charge in [0, 0.05) is 6.42 Å². The third-order valence-corrected chi connectivity index (χ3v) is 2.27. The fourth-order valence-corrected chi connectivity index (χ4v) is 1.44. The van der Waals surface area contributed by atoms with Crippen LogP contribution in [0.5, 0.6) is 0 Å². The molecule has 0 aliphatic rings. The van der Waals surface area contributed by atoms with Gasteiger partial charge in [0.25, 0.3) is 0 Å². The van der Waals surface area contributed by atoms with Gasteiger partial charge < -0.3 is 15.2 Å². The van der Waals surface area contributed by atoms with E-state index in [4.69, 9.17) is 9.84 Å². The topological polar surface area (TPSA) is 92.7 Å². The van der Waals surface area contributed by atoms with Crippen molar-refractivity contribution in [1.29, 1.82) is 0 Å². The molecule has 0 spiro atoms. The number of alkyl carbamates (subject to hydrolysis) is 1. The minimum absolute atomic E-state index is 0.103. The number of hydrogen-bond acceptors (Lipinski definition) is 4. The minimum Gasteiger partial charge on any atom is -0.481 e. The molecule has 0 aromatic carbocycles. The van der Waals surface area contributed by atoms with Crippen LogP contribution in [0, 0.1) is 5.92 Å². The van der Waals surface area contributed by atoms with Crippen molar-refractivity contribution in [3.05, 3.63) is 0 Å². The maximum Gasteiger partial charge on any atom is 0.408 e. The van der Waals surface area contributed by atoms with Crippen LogP contribution in [0.15, 0.2) is 0 Å². The summed E-state index contributed by atoms with van der Waals surface area (Å²) in [6.45, 7) is 8.73. The number of Topliss-reactive ketones (excluding diaryl/α,β-unsaturated/α-hetero) is 1. The Morgan fingerprint density at radius 2 is 1.68 bits per heavy atom. The average Bonchev–Trinajstić information content (AvgIpc) is 2.19. The summed E-state index contributed by atoms with van der Waals surface area (Å²) in [5.74, 6) is -1.47. The van der Waals surface area contributed by atoms with Gasteiger partial charge in [0.2, 0.25) is 0 Å². The molecule has 0 aromatic heterocycles. The van der Waals surface area contributed by atoms with Gasteiger partial charge in [-0.05, 0) is 26.7 Å². The van der Waals surface area contributed by atoms with Crippen LogP contribution in [0.1, 0.15) is 47.5 Å². The first-order valence-corrected chi connectivity index (χ1v) is 6.27. The summed E-state index contributed by atoms with van der Waals surface area (Å²) in [6.07, 6.45) is -1.01. The Balaban J connectivity index is 4.53. The smallest absolute Gasteiger partial charge is 0.408 e. The van der Waals surface area contributed by atoms with Crippen molar-refractivity contribution in [3.8, 4) is 0 Å². The van der Waals surface area contributed by atoms with E-state index in [0.717, 1.165) is 0 Å². The summed E-state index contributed by atoms with van der Waals surface area (Å²) in [6, 6.07) is -0.728. The van der Waals surface area contributed by atoms with Gasteiger partial charge in [0.1, 0.15) is 5.60 Å². The molecule has 19 heavy (non-hydrogen) atoms. The first kappa shape index (κ1) is 17.4. The van der Waals surface area contributed by atoms with E-state index >= 15 is 0 Å². The van der Waals surface area contributed by atoms with E-state index in [1.54, 1.807) is 34.6 Å². The first-order chi connectivity index (χ1) is 8.53. The van der Waals surface area contributed by atoms with Crippen molar-refractivity contribution in [3.63, 3.8) is 0 Å². The van der Waals surface area contributed by atoms with Gasteiger partial charge in [0.05, 0.1) is 12.5 Å². The second-order valence-electron chi connectivity index (χ2n) is 5.73. The summed E-state index contributed by atoms with van der Waals surface area (Å²) in [5, 5.41) is 11.0. The number of ether oxygens (including phenoxy) is 1. The van der Waals surface area contributed by atoms with Gasteiger partial charge >= 0.3 is 12.1 Å². The molecule has 0 fully saturated rings. The van der Waals surface area contributed by atoms with Crippen LogP contribution in [0.4, 0.5) is 4.79 Å². The fourth-order valence-electron chi connectivity index (χ4n) is 1.44. The lowest BCUT2D eigenvalue weighted by molar-refractivity contribution is -0.138. The summed E-state index contributed by atoms with van der Waals surface area (Å²) >= 11 is 0. The number of ketones is 1. The number of carbonyl (C=O) groups is 3. The summed E-state index contributed by atoms with van der Waals surface area (Å²) in [7, 11) is 0. The minimum atomic E-state index is -1.03. The van der Waals surface area contributed by atoms with Crippen LogP contribution in [-0.2, 0) is 14.3 Å². The van der Waals surface area contributed by atoms with E-state index in [1.807, 2.05) is 0 Å². The molecule has 6 heteroatoms. The molecule has 6 nitrogen and oxygen atoms in total. The average molecular weight is 273 g/mol. The van der Waals surface area contributed by atoms with Crippen molar-refractivity contribution in [1.82, 2.24) is 5.32 Å². The highest BCUT2D eigenvalue weighted by atomic mass is 16.6. The van der Waals surface area contributed by atoms with Crippen LogP contribution in [0.3, 0.4) is 0 Å². The van der Waals surface area contributed by atoms with Crippen molar-refractivity contribution in [2.75, 3.05) is 0 Å². The van der Waals surface area contributed by atoms with Crippen molar-refractivity contribution >= 4 is 17.8 Å². The lowest BCUT2D eigenvalue weighted by atomic mass is 9.97. The van der Waals surface area contributed by atoms with E-state index in [2.05, 4.69) is 5.32 Å². The second kappa shape index (κ2) is 7.11. The normalized spacial score (nSPS) is 12.9. The van der Waals surface area contributed by atoms with Crippen molar-refractivity contribution in [2.24, 2.45) is 5.92 Å². The van der Waals surface area contributed by atoms with Gasteiger partial charge in [-0.25, -0.2) is 4.79 Å². The van der Waals surface area contributed by atoms with E-state index < -0.39 is 23.7 Å². The van der Waals surface area contributed by atoms with E-state index in [9.17, 15) is 14.4 Å². The number of carboxylic acid groups (broad SMARTS) is 1. The number of carboxylic acids is 1. The summed E-state index contributed by atoms with van der Waals surface area (Å²) < 4.78 is 5.08. The van der Waals surface area contributed by atoms with Crippen molar-refractivity contribution in [2.45, 2.75) is 59.1 Å². The molecular weight excluding hydrogens is 250 g/mol. The number of amides is 1. The van der Waals surface area contributed by atoms with Gasteiger partial charge in [-0.3, -0.25) is 9.59 Å². The molecule has 0 aliphatic heterocycles. The number of nitrogens with one attached hydrogen (secondary N) is 1. The Kier molecular flexibility index (Phi) is 6.52. The lowest BCUT2D eigenvalue weighted by Crippen LogP contribution is -2.46. The maximum absolute atomic E-state index is 11.9. The van der Waals surface area contributed by atoms with Crippen molar-refractivity contribution < 1.29 is 24.2 Å². The van der Waals surface area contributed by atoms with Crippen LogP contribution in [0.25, 0.3) is 0 Å². The SMILES string of the molecule is CC(C)[C@H](NC(=O)OC(C)(C)C)C(=O)CCC(=O)O. The van der Waals surface area contributed by atoms with Crippen LogP contribution < -0.4 is 5.32 Å². The van der Waals surface area contributed by atoms with Gasteiger partial charge in [-0.15, -0.1) is 0 Å². The Hall–Kier alpha value is -1.59. The molecule has 0 bridgehead atoms. The fraction of sp³-hybridized carbons (Fsp3) is 0.769. The van der Waals surface area contributed by atoms with E-state index in [-0.39, 0.29) is 24.5 Å². The maximum atomic E-state index is 11.9. The Labute approximate surface area is 113 Å². The molecule has 0 aliphatic carbocycles. The first-order valence-electron chi connectivity index (χ1n) is 6.27. The number of aliphatic carboxylic acids is 1. The standard InChI is InChI=1S/C13H23NO5/c1-8(2)11(9(15)6-7-10(16)17)14-12(18)19-13(3,4)5/h8,11H,6-7H2,1-5H3,(H,14,18)(H,16,17)/t11-/m0/s1. The third kappa shape index (κ3) is 8.18. The molecule has 1 amide bonds. The molecule has 0 saturated carbocycles. The largest absolute Gasteiger partial charge is 0.481 e. The predicted molar refractivity (Wildman–Crippen MR) is 69.9 cm³/mol. The van der Waals surface area contributed by atoms with Crippen LogP contribution in [0.2, 0.25) is 0 Å². The zero-order valence-corrected chi connectivity index (χ0v) is 12.1. The number of hydrogen-bond donors (Lipinski definition) is 2. The number of carbonyl (C=O) groups excluding carboxylic acids is 2. The Morgan fingerprint density at radius 1 is 1.16 bits per heavy atom. The van der Waals surface area contributed by atoms with E-state index in [0.29, 0.717) is 0 Å². The van der Waals surface area contributed by atoms with Crippen LogP contribution >= 0.6 is 0 Å². The van der Waals surface area contributed by atoms with Gasteiger partial charge in [0.15, 0.2) is 5.78 Å². The molecule has 0 aromatic rings. The molecule has 0 rings (SSSR count). The lowest BCUT2D eigenvalue weighted by Gasteiger charge is -2.24. The molecule has 0 saturated heterocycles. The second-order valence-corrected chi connectivity index (χ2v) is 5.73. The molecule has 0 heterocycles. The molecule has 2 N–H and O–H groups in total. The summed E-state index contributed by atoms with van der Waals surface area (Å²) in [4.78, 5) is 33.9. The van der Waals surface area contributed by atoms with Gasteiger partial charge in [-0.1, -0.05) is 13.8 Å². The molecule has 0 unspecified atom stereocenters. The highest BCUT2D eigenvalue weighted by Gasteiger charge is 2.26. The van der Waals surface area contributed by atoms with Gasteiger partial charge in [-0.2, -0.15) is 0 Å². The molecule has 0 radical (unpaired) electrons.